The first-order valence-electron chi connectivity index (χ1n) is 8.35. The number of aromatic nitrogens is 2. The van der Waals surface area contributed by atoms with Gasteiger partial charge in [-0.15, -0.1) is 0 Å². The van der Waals surface area contributed by atoms with E-state index in [4.69, 9.17) is 4.74 Å². The lowest BCUT2D eigenvalue weighted by molar-refractivity contribution is -0.170. The minimum absolute atomic E-state index is 0.0386. The van der Waals surface area contributed by atoms with Gasteiger partial charge in [-0.1, -0.05) is 30.3 Å². The molecule has 2 fully saturated rings. The molecule has 2 aliphatic heterocycles. The summed E-state index contributed by atoms with van der Waals surface area (Å²) in [5.74, 6) is 0.494. The van der Waals surface area contributed by atoms with Crippen molar-refractivity contribution in [3.8, 4) is 0 Å². The number of carbonyl (C=O) groups excluding carboxylic acids is 1. The van der Waals surface area contributed by atoms with Gasteiger partial charge in [0.15, 0.2) is 0 Å². The lowest BCUT2D eigenvalue weighted by atomic mass is 9.83. The number of hydrogen-bond donors (Lipinski definition) is 2. The van der Waals surface area contributed by atoms with Crippen LogP contribution < -0.4 is 0 Å². The van der Waals surface area contributed by atoms with E-state index >= 15 is 0 Å². The third-order valence-electron chi connectivity index (χ3n) is 4.96. The average molecular weight is 327 g/mol. The summed E-state index contributed by atoms with van der Waals surface area (Å²) in [7, 11) is 0. The van der Waals surface area contributed by atoms with Crippen molar-refractivity contribution in [2.75, 3.05) is 19.7 Å². The first kappa shape index (κ1) is 15.4. The maximum absolute atomic E-state index is 12.9. The number of benzene rings is 1. The van der Waals surface area contributed by atoms with Crippen molar-refractivity contribution in [3.63, 3.8) is 0 Å². The van der Waals surface area contributed by atoms with Gasteiger partial charge in [0.2, 0.25) is 5.91 Å². The van der Waals surface area contributed by atoms with Gasteiger partial charge in [0.1, 0.15) is 17.5 Å². The zero-order valence-corrected chi connectivity index (χ0v) is 13.4. The van der Waals surface area contributed by atoms with Crippen molar-refractivity contribution in [3.05, 3.63) is 54.1 Å². The van der Waals surface area contributed by atoms with Gasteiger partial charge in [-0.2, -0.15) is 0 Å². The van der Waals surface area contributed by atoms with E-state index in [2.05, 4.69) is 9.97 Å². The molecule has 1 aromatic heterocycles. The van der Waals surface area contributed by atoms with Gasteiger partial charge in [-0.25, -0.2) is 4.98 Å². The molecule has 4 rings (SSSR count). The molecule has 2 atom stereocenters. The summed E-state index contributed by atoms with van der Waals surface area (Å²) in [5.41, 5.74) is -0.0800. The minimum Gasteiger partial charge on any atom is -0.381 e. The van der Waals surface area contributed by atoms with Crippen LogP contribution in [0.4, 0.5) is 0 Å². The van der Waals surface area contributed by atoms with Crippen LogP contribution in [0.5, 0.6) is 0 Å². The summed E-state index contributed by atoms with van der Waals surface area (Å²) >= 11 is 0. The highest BCUT2D eigenvalue weighted by atomic mass is 16.5. The first-order valence-corrected chi connectivity index (χ1v) is 8.35. The second-order valence-corrected chi connectivity index (χ2v) is 6.61. The van der Waals surface area contributed by atoms with Crippen molar-refractivity contribution in [1.29, 1.82) is 0 Å². The Bertz CT molecular complexity index is 696. The van der Waals surface area contributed by atoms with Crippen molar-refractivity contribution >= 4 is 5.91 Å². The normalized spacial score (nSPS) is 26.0. The fourth-order valence-electron chi connectivity index (χ4n) is 3.64. The SMILES string of the molecule is O=C([C@@H]1CCCO[C@H]1c1ncc[nH]1)N1CC(O)(c2ccccc2)C1. The Balaban J connectivity index is 1.46. The van der Waals surface area contributed by atoms with Gasteiger partial charge < -0.3 is 19.7 Å². The molecule has 2 saturated heterocycles. The molecule has 2 aliphatic rings. The van der Waals surface area contributed by atoms with E-state index in [-0.39, 0.29) is 17.9 Å². The Morgan fingerprint density at radius 2 is 2.12 bits per heavy atom. The molecule has 0 unspecified atom stereocenters. The van der Waals surface area contributed by atoms with Crippen LogP contribution in [-0.2, 0) is 15.1 Å². The van der Waals surface area contributed by atoms with Crippen LogP contribution in [0.3, 0.4) is 0 Å². The van der Waals surface area contributed by atoms with Gasteiger partial charge >= 0.3 is 0 Å². The molecule has 0 saturated carbocycles. The number of nitrogens with zero attached hydrogens (tertiary/aromatic N) is 2. The van der Waals surface area contributed by atoms with Gasteiger partial charge in [-0.3, -0.25) is 4.79 Å². The van der Waals surface area contributed by atoms with Crippen LogP contribution >= 0.6 is 0 Å². The Hall–Kier alpha value is -2.18. The summed E-state index contributed by atoms with van der Waals surface area (Å²) in [6.07, 6.45) is 4.74. The number of ether oxygens (including phenoxy) is 1. The molecule has 0 bridgehead atoms. The summed E-state index contributed by atoms with van der Waals surface area (Å²) in [6.45, 7) is 1.30. The molecule has 0 spiro atoms. The molecule has 0 aliphatic carbocycles. The third kappa shape index (κ3) is 2.61. The quantitative estimate of drug-likeness (QED) is 0.898. The standard InChI is InChI=1S/C18H21N3O3/c22-17(14-7-4-10-24-15(14)16-19-8-9-20-16)21-11-18(23,12-21)13-5-2-1-3-6-13/h1-3,5-6,8-9,14-15,23H,4,7,10-12H2,(H,19,20)/t14-,15-/m1/s1. The molecule has 2 N–H and O–H groups in total. The van der Waals surface area contributed by atoms with E-state index in [1.54, 1.807) is 17.3 Å². The van der Waals surface area contributed by atoms with Crippen LogP contribution in [0.15, 0.2) is 42.7 Å². The zero-order chi connectivity index (χ0) is 16.6. The van der Waals surface area contributed by atoms with Gasteiger partial charge in [-0.05, 0) is 18.4 Å². The highest BCUT2D eigenvalue weighted by Crippen LogP contribution is 2.38. The van der Waals surface area contributed by atoms with Crippen LogP contribution in [0.25, 0.3) is 0 Å². The number of β-amino-alcohol motifs (C(OH)–C–C–N with tert-alkyl or cyclic N) is 1. The molecular formula is C18H21N3O3. The molecule has 126 valence electrons. The molecule has 2 aromatic rings. The number of imidazole rings is 1. The van der Waals surface area contributed by atoms with Crippen LogP contribution in [-0.4, -0.2) is 45.6 Å². The number of nitrogens with one attached hydrogen (secondary N) is 1. The van der Waals surface area contributed by atoms with E-state index in [1.807, 2.05) is 30.3 Å². The largest absolute Gasteiger partial charge is 0.381 e. The predicted octanol–water partition coefficient (Wildman–Crippen LogP) is 1.61. The number of H-pyrrole nitrogens is 1. The van der Waals surface area contributed by atoms with Crippen molar-refractivity contribution in [2.24, 2.45) is 5.92 Å². The van der Waals surface area contributed by atoms with Gasteiger partial charge in [0.25, 0.3) is 0 Å². The summed E-state index contributed by atoms with van der Waals surface area (Å²) in [6, 6.07) is 9.52. The zero-order valence-electron chi connectivity index (χ0n) is 13.4. The Morgan fingerprint density at radius 1 is 1.33 bits per heavy atom. The Kier molecular flexibility index (Phi) is 3.86. The predicted molar refractivity (Wildman–Crippen MR) is 86.9 cm³/mol. The van der Waals surface area contributed by atoms with E-state index in [1.165, 1.54) is 0 Å². The molecule has 1 amide bonds. The highest BCUT2D eigenvalue weighted by molar-refractivity contribution is 5.81. The average Bonchev–Trinajstić information content (AvgIpc) is 3.13. The Morgan fingerprint density at radius 3 is 2.83 bits per heavy atom. The monoisotopic (exact) mass is 327 g/mol. The summed E-state index contributed by atoms with van der Waals surface area (Å²) in [5, 5.41) is 10.7. The smallest absolute Gasteiger partial charge is 0.229 e. The molecule has 1 aromatic carbocycles. The third-order valence-corrected chi connectivity index (χ3v) is 4.96. The second-order valence-electron chi connectivity index (χ2n) is 6.61. The van der Waals surface area contributed by atoms with E-state index in [0.29, 0.717) is 25.5 Å². The van der Waals surface area contributed by atoms with Crippen LogP contribution in [0.2, 0.25) is 0 Å². The number of likely N-dealkylation sites (tertiary alicyclic amines) is 1. The maximum Gasteiger partial charge on any atom is 0.229 e. The van der Waals surface area contributed by atoms with E-state index in [0.717, 1.165) is 18.4 Å². The van der Waals surface area contributed by atoms with Gasteiger partial charge in [0.05, 0.1) is 19.0 Å². The maximum atomic E-state index is 12.9. The van der Waals surface area contributed by atoms with Crippen LogP contribution in [0.1, 0.15) is 30.3 Å². The fraction of sp³-hybridized carbons (Fsp3) is 0.444. The van der Waals surface area contributed by atoms with E-state index in [9.17, 15) is 9.90 Å². The minimum atomic E-state index is -0.938. The number of carbonyl (C=O) groups is 1. The molecule has 6 nitrogen and oxygen atoms in total. The first-order chi connectivity index (χ1) is 11.7. The fourth-order valence-corrected chi connectivity index (χ4v) is 3.64. The van der Waals surface area contributed by atoms with Crippen molar-refractivity contribution < 1.29 is 14.6 Å². The van der Waals surface area contributed by atoms with Gasteiger partial charge in [0, 0.05) is 19.0 Å². The van der Waals surface area contributed by atoms with E-state index < -0.39 is 5.60 Å². The molecule has 24 heavy (non-hydrogen) atoms. The molecule has 3 heterocycles. The van der Waals surface area contributed by atoms with Crippen molar-refractivity contribution in [1.82, 2.24) is 14.9 Å². The van der Waals surface area contributed by atoms with Crippen molar-refractivity contribution in [2.45, 2.75) is 24.5 Å². The Labute approximate surface area is 140 Å². The number of rotatable bonds is 3. The lowest BCUT2D eigenvalue weighted by Gasteiger charge is -2.48. The van der Waals surface area contributed by atoms with Crippen LogP contribution in [0, 0.1) is 5.92 Å². The highest BCUT2D eigenvalue weighted by Gasteiger charge is 2.48. The molecule has 6 heteroatoms. The second kappa shape index (κ2) is 6.03. The number of aliphatic hydroxyl groups is 1. The summed E-state index contributed by atoms with van der Waals surface area (Å²) in [4.78, 5) is 21.9. The lowest BCUT2D eigenvalue weighted by Crippen LogP contribution is -2.62. The number of hydrogen-bond acceptors (Lipinski definition) is 4. The topological polar surface area (TPSA) is 78.5 Å². The molecule has 0 radical (unpaired) electrons. The number of aromatic amines is 1. The molecular weight excluding hydrogens is 306 g/mol. The number of amides is 1. The summed E-state index contributed by atoms with van der Waals surface area (Å²) < 4.78 is 5.81.